The quantitative estimate of drug-likeness (QED) is 0.807. The molecule has 4 bridgehead atoms. The van der Waals surface area contributed by atoms with Gasteiger partial charge in [-0.1, -0.05) is 20.8 Å². The van der Waals surface area contributed by atoms with Crippen molar-refractivity contribution in [1.82, 2.24) is 5.06 Å². The van der Waals surface area contributed by atoms with Crippen molar-refractivity contribution in [3.63, 3.8) is 0 Å². The first-order chi connectivity index (χ1) is 10.3. The molecule has 4 fully saturated rings. The summed E-state index contributed by atoms with van der Waals surface area (Å²) in [5.41, 5.74) is -0.428. The van der Waals surface area contributed by atoms with Crippen LogP contribution in [0.3, 0.4) is 0 Å². The summed E-state index contributed by atoms with van der Waals surface area (Å²) in [6, 6.07) is 0.194. The highest BCUT2D eigenvalue weighted by atomic mass is 16.7. The molecule has 2 saturated heterocycles. The van der Waals surface area contributed by atoms with Gasteiger partial charge in [-0.25, -0.2) is 5.06 Å². The van der Waals surface area contributed by atoms with Gasteiger partial charge < -0.3 is 9.84 Å². The van der Waals surface area contributed by atoms with Crippen molar-refractivity contribution >= 4 is 5.91 Å². The average molecular weight is 311 g/mol. The molecule has 0 radical (unpaired) electrons. The number of fused-ring (bicyclic) bond motifs is 4. The smallest absolute Gasteiger partial charge is 0.275 e. The van der Waals surface area contributed by atoms with E-state index in [-0.39, 0.29) is 18.1 Å². The number of carbonyl (C=O) groups excluding carboxylic acids is 1. The Morgan fingerprint density at radius 3 is 2.18 bits per heavy atom. The van der Waals surface area contributed by atoms with Gasteiger partial charge in [0, 0.05) is 6.61 Å². The summed E-state index contributed by atoms with van der Waals surface area (Å²) in [5, 5.41) is 11.3. The molecule has 126 valence electrons. The molecule has 2 aliphatic heterocycles. The molecule has 22 heavy (non-hydrogen) atoms. The number of amides is 1. The number of aliphatic hydroxyl groups is 1. The van der Waals surface area contributed by atoms with Gasteiger partial charge >= 0.3 is 0 Å². The van der Waals surface area contributed by atoms with E-state index in [1.165, 1.54) is 24.3 Å². The molecule has 1 N–H and O–H groups in total. The van der Waals surface area contributed by atoms with Crippen LogP contribution in [-0.4, -0.2) is 47.0 Å². The zero-order valence-corrected chi connectivity index (χ0v) is 14.0. The maximum absolute atomic E-state index is 11.9. The predicted molar refractivity (Wildman–Crippen MR) is 81.9 cm³/mol. The molecule has 2 heterocycles. The number of hydrogen-bond acceptors (Lipinski definition) is 4. The van der Waals surface area contributed by atoms with Crippen molar-refractivity contribution in [3.05, 3.63) is 0 Å². The first-order valence-electron chi connectivity index (χ1n) is 8.64. The van der Waals surface area contributed by atoms with Crippen LogP contribution < -0.4 is 0 Å². The zero-order chi connectivity index (χ0) is 15.9. The van der Waals surface area contributed by atoms with Gasteiger partial charge in [0.1, 0.15) is 6.10 Å². The topological polar surface area (TPSA) is 59.0 Å². The van der Waals surface area contributed by atoms with E-state index in [1.54, 1.807) is 0 Å². The fourth-order valence-electron chi connectivity index (χ4n) is 3.80. The summed E-state index contributed by atoms with van der Waals surface area (Å²) in [6.07, 6.45) is 7.01. The maximum atomic E-state index is 11.9. The molecule has 5 nitrogen and oxygen atoms in total. The summed E-state index contributed by atoms with van der Waals surface area (Å²) in [4.78, 5) is 17.4. The molecule has 4 aliphatic rings. The van der Waals surface area contributed by atoms with Gasteiger partial charge in [-0.15, -0.1) is 0 Å². The Morgan fingerprint density at radius 2 is 1.86 bits per heavy atom. The standard InChI is InChI=1S/C11H19NO3.C6H10O/c1-11(2,3)9(13)10(14)12-7-4-5-8(6-7)15-12;1-2-6-3-5(1)4-7-6/h7-9,13H,4-6H2,1-3H3;5-6H,1-4H2/t7-,8+,9-;5-,6+/m00/s1. The van der Waals surface area contributed by atoms with Crippen LogP contribution in [0.5, 0.6) is 0 Å². The Labute approximate surface area is 132 Å². The summed E-state index contributed by atoms with van der Waals surface area (Å²) in [5.74, 6) is 0.666. The zero-order valence-electron chi connectivity index (χ0n) is 14.0. The minimum absolute atomic E-state index is 0.194. The van der Waals surface area contributed by atoms with Gasteiger partial charge in [0.25, 0.3) is 5.91 Å². The van der Waals surface area contributed by atoms with Crippen LogP contribution in [0, 0.1) is 11.3 Å². The molecule has 0 spiro atoms. The van der Waals surface area contributed by atoms with Crippen molar-refractivity contribution in [2.75, 3.05) is 6.61 Å². The molecule has 0 aromatic carbocycles. The lowest BCUT2D eigenvalue weighted by Crippen LogP contribution is -2.47. The first-order valence-corrected chi connectivity index (χ1v) is 8.64. The molecule has 0 unspecified atom stereocenters. The molecule has 0 aromatic rings. The van der Waals surface area contributed by atoms with Crippen molar-refractivity contribution in [1.29, 1.82) is 0 Å². The summed E-state index contributed by atoms with van der Waals surface area (Å²) >= 11 is 0. The Morgan fingerprint density at radius 1 is 1.14 bits per heavy atom. The Balaban J connectivity index is 0.000000169. The number of hydrogen-bond donors (Lipinski definition) is 1. The van der Waals surface area contributed by atoms with Crippen LogP contribution in [-0.2, 0) is 14.4 Å². The van der Waals surface area contributed by atoms with E-state index < -0.39 is 11.5 Å². The van der Waals surface area contributed by atoms with Crippen LogP contribution in [0.15, 0.2) is 0 Å². The van der Waals surface area contributed by atoms with Gasteiger partial charge in [-0.2, -0.15) is 0 Å². The van der Waals surface area contributed by atoms with Gasteiger partial charge in [0.2, 0.25) is 0 Å². The molecule has 5 heteroatoms. The lowest BCUT2D eigenvalue weighted by atomic mass is 9.88. The number of ether oxygens (including phenoxy) is 1. The normalized spacial score (nSPS) is 37.2. The number of aliphatic hydroxyl groups excluding tert-OH is 1. The lowest BCUT2D eigenvalue weighted by Gasteiger charge is -2.32. The highest BCUT2D eigenvalue weighted by Crippen LogP contribution is 2.36. The third kappa shape index (κ3) is 3.31. The Bertz CT molecular complexity index is 401. The third-order valence-corrected chi connectivity index (χ3v) is 5.28. The van der Waals surface area contributed by atoms with Crippen molar-refractivity contribution in [3.8, 4) is 0 Å². The third-order valence-electron chi connectivity index (χ3n) is 5.28. The van der Waals surface area contributed by atoms with E-state index >= 15 is 0 Å². The fraction of sp³-hybridized carbons (Fsp3) is 0.941. The van der Waals surface area contributed by atoms with Crippen molar-refractivity contribution in [2.45, 2.75) is 83.6 Å². The minimum atomic E-state index is -0.975. The molecular weight excluding hydrogens is 282 g/mol. The minimum Gasteiger partial charge on any atom is -0.383 e. The van der Waals surface area contributed by atoms with Crippen LogP contribution >= 0.6 is 0 Å². The first kappa shape index (κ1) is 16.2. The predicted octanol–water partition coefficient (Wildman–Crippen LogP) is 2.27. The van der Waals surface area contributed by atoms with Gasteiger partial charge in [0.05, 0.1) is 18.2 Å². The highest BCUT2D eigenvalue weighted by Gasteiger charge is 2.45. The Kier molecular flexibility index (Phi) is 4.49. The number of carbonyl (C=O) groups is 1. The number of rotatable bonds is 1. The van der Waals surface area contributed by atoms with E-state index in [9.17, 15) is 9.90 Å². The second-order valence-electron chi connectivity index (χ2n) is 8.26. The summed E-state index contributed by atoms with van der Waals surface area (Å²) < 4.78 is 5.35. The van der Waals surface area contributed by atoms with Gasteiger partial charge in [-0.05, 0) is 49.9 Å². The average Bonchev–Trinajstić information content (AvgIpc) is 3.24. The van der Waals surface area contributed by atoms with Crippen LogP contribution in [0.4, 0.5) is 0 Å². The van der Waals surface area contributed by atoms with Gasteiger partial charge in [-0.3, -0.25) is 9.63 Å². The maximum Gasteiger partial charge on any atom is 0.275 e. The van der Waals surface area contributed by atoms with Crippen LogP contribution in [0.2, 0.25) is 0 Å². The molecule has 1 amide bonds. The van der Waals surface area contributed by atoms with Crippen molar-refractivity contribution in [2.24, 2.45) is 11.3 Å². The van der Waals surface area contributed by atoms with Crippen LogP contribution in [0.25, 0.3) is 0 Å². The lowest BCUT2D eigenvalue weighted by molar-refractivity contribution is -0.210. The summed E-state index contributed by atoms with van der Waals surface area (Å²) in [7, 11) is 0. The second-order valence-corrected chi connectivity index (χ2v) is 8.26. The van der Waals surface area contributed by atoms with E-state index in [1.807, 2.05) is 20.8 Å². The molecule has 2 aliphatic carbocycles. The monoisotopic (exact) mass is 311 g/mol. The van der Waals surface area contributed by atoms with E-state index in [0.717, 1.165) is 31.8 Å². The van der Waals surface area contributed by atoms with E-state index in [4.69, 9.17) is 9.57 Å². The van der Waals surface area contributed by atoms with Gasteiger partial charge in [0.15, 0.2) is 0 Å². The largest absolute Gasteiger partial charge is 0.383 e. The van der Waals surface area contributed by atoms with E-state index in [0.29, 0.717) is 6.10 Å². The Hall–Kier alpha value is -0.650. The molecular formula is C17H29NO4. The number of hydroxylamine groups is 2. The van der Waals surface area contributed by atoms with Crippen LogP contribution in [0.1, 0.15) is 59.3 Å². The van der Waals surface area contributed by atoms with Crippen molar-refractivity contribution < 1.29 is 19.5 Å². The second kappa shape index (κ2) is 6.10. The fourth-order valence-corrected chi connectivity index (χ4v) is 3.80. The highest BCUT2D eigenvalue weighted by molar-refractivity contribution is 5.81. The molecule has 4 rings (SSSR count). The summed E-state index contributed by atoms with van der Waals surface area (Å²) in [6.45, 7) is 6.61. The van der Waals surface area contributed by atoms with E-state index in [2.05, 4.69) is 0 Å². The molecule has 2 saturated carbocycles. The number of nitrogens with zero attached hydrogens (tertiary/aromatic N) is 1. The molecule has 5 atom stereocenters. The SMILES string of the molecule is C1C[C@@H]2C[C@H]1CO2.CC(C)(C)[C@@H](O)C(=O)N1O[C@@H]2CC[C@H]1C2. The molecule has 0 aromatic heterocycles.